The highest BCUT2D eigenvalue weighted by molar-refractivity contribution is 4.95. The molecule has 2 unspecified atom stereocenters. The summed E-state index contributed by atoms with van der Waals surface area (Å²) in [4.78, 5) is 2.73. The minimum Gasteiger partial charge on any atom is -0.349 e. The molecule has 0 aromatic heterocycles. The zero-order valence-electron chi connectivity index (χ0n) is 13.5. The molecule has 3 heteroatoms. The molecule has 0 amide bonds. The van der Waals surface area contributed by atoms with Crippen molar-refractivity contribution >= 4 is 0 Å². The normalized spacial score (nSPS) is 36.8. The minimum atomic E-state index is -0.244. The van der Waals surface area contributed by atoms with Gasteiger partial charge in [-0.25, -0.2) is 0 Å². The number of nitrogens with zero attached hydrogens (tertiary/aromatic N) is 1. The molecule has 2 heterocycles. The second-order valence-corrected chi connectivity index (χ2v) is 7.90. The average molecular weight is 281 g/mol. The summed E-state index contributed by atoms with van der Waals surface area (Å²) in [6, 6.07) is 0.788. The fourth-order valence-electron chi connectivity index (χ4n) is 4.30. The van der Waals surface area contributed by atoms with E-state index in [-0.39, 0.29) is 11.2 Å². The molecule has 1 aliphatic carbocycles. The van der Waals surface area contributed by atoms with E-state index in [0.717, 1.165) is 38.0 Å². The second kappa shape index (κ2) is 5.58. The summed E-state index contributed by atoms with van der Waals surface area (Å²) in [7, 11) is 0. The monoisotopic (exact) mass is 281 g/mol. The van der Waals surface area contributed by atoms with Crippen LogP contribution in [-0.4, -0.2) is 43.0 Å². The van der Waals surface area contributed by atoms with Gasteiger partial charge in [-0.2, -0.15) is 0 Å². The minimum absolute atomic E-state index is 0.183. The highest BCUT2D eigenvalue weighted by Crippen LogP contribution is 2.45. The van der Waals surface area contributed by atoms with E-state index in [2.05, 4.69) is 25.7 Å². The third kappa shape index (κ3) is 2.90. The Bertz CT molecular complexity index is 330. The third-order valence-corrected chi connectivity index (χ3v) is 5.39. The Kier molecular flexibility index (Phi) is 4.13. The predicted octanol–water partition coefficient (Wildman–Crippen LogP) is 3.43. The fourth-order valence-corrected chi connectivity index (χ4v) is 4.30. The van der Waals surface area contributed by atoms with Crippen LogP contribution in [0.4, 0.5) is 0 Å². The first-order chi connectivity index (χ1) is 9.54. The van der Waals surface area contributed by atoms with E-state index in [0.29, 0.717) is 0 Å². The molecule has 116 valence electrons. The number of hydrogen-bond donors (Lipinski definition) is 0. The maximum absolute atomic E-state index is 6.23. The molecule has 1 saturated carbocycles. The molecule has 3 rings (SSSR count). The molecule has 0 bridgehead atoms. The molecule has 2 saturated heterocycles. The molecular formula is C17H31NO2. The van der Waals surface area contributed by atoms with Gasteiger partial charge in [-0.1, -0.05) is 20.8 Å². The summed E-state index contributed by atoms with van der Waals surface area (Å²) in [6.07, 6.45) is 7.45. The second-order valence-electron chi connectivity index (χ2n) is 7.90. The van der Waals surface area contributed by atoms with E-state index >= 15 is 0 Å². The maximum Gasteiger partial charge on any atom is 0.168 e. The Morgan fingerprint density at radius 1 is 1.15 bits per heavy atom. The van der Waals surface area contributed by atoms with Gasteiger partial charge in [0.25, 0.3) is 0 Å². The molecule has 0 radical (unpaired) electrons. The molecule has 3 fully saturated rings. The maximum atomic E-state index is 6.23. The largest absolute Gasteiger partial charge is 0.349 e. The highest BCUT2D eigenvalue weighted by Gasteiger charge is 2.48. The van der Waals surface area contributed by atoms with Crippen molar-refractivity contribution in [3.63, 3.8) is 0 Å². The van der Waals surface area contributed by atoms with Gasteiger partial charge in [-0.3, -0.25) is 0 Å². The first-order valence-electron chi connectivity index (χ1n) is 8.56. The Morgan fingerprint density at radius 2 is 1.90 bits per heavy atom. The number of fused-ring (bicyclic) bond motifs is 1. The van der Waals surface area contributed by atoms with E-state index in [1.54, 1.807) is 0 Å². The van der Waals surface area contributed by atoms with Gasteiger partial charge in [-0.15, -0.1) is 0 Å². The van der Waals surface area contributed by atoms with E-state index < -0.39 is 0 Å². The molecule has 2 aliphatic heterocycles. The lowest BCUT2D eigenvalue weighted by molar-refractivity contribution is -0.320. The lowest BCUT2D eigenvalue weighted by Crippen LogP contribution is -2.56. The van der Waals surface area contributed by atoms with Crippen molar-refractivity contribution in [2.45, 2.75) is 71.1 Å². The topological polar surface area (TPSA) is 21.7 Å². The average Bonchev–Trinajstić information content (AvgIpc) is 2.43. The summed E-state index contributed by atoms with van der Waals surface area (Å²) in [6.45, 7) is 11.0. The number of hydrogen-bond acceptors (Lipinski definition) is 3. The molecule has 0 aromatic rings. The summed E-state index contributed by atoms with van der Waals surface area (Å²) >= 11 is 0. The van der Waals surface area contributed by atoms with Crippen LogP contribution in [0.15, 0.2) is 0 Å². The van der Waals surface area contributed by atoms with Crippen molar-refractivity contribution in [1.82, 2.24) is 4.90 Å². The fraction of sp³-hybridized carbons (Fsp3) is 1.00. The third-order valence-electron chi connectivity index (χ3n) is 5.39. The van der Waals surface area contributed by atoms with Crippen LogP contribution in [0.5, 0.6) is 0 Å². The van der Waals surface area contributed by atoms with Crippen LogP contribution in [0.1, 0.15) is 59.3 Å². The molecular weight excluding hydrogens is 250 g/mol. The molecule has 0 N–H and O–H groups in total. The Balaban J connectivity index is 1.64. The van der Waals surface area contributed by atoms with Crippen molar-refractivity contribution in [3.05, 3.63) is 0 Å². The van der Waals surface area contributed by atoms with Crippen LogP contribution >= 0.6 is 0 Å². The summed E-state index contributed by atoms with van der Waals surface area (Å²) in [5.41, 5.74) is 0.183. The van der Waals surface area contributed by atoms with Crippen molar-refractivity contribution in [3.8, 4) is 0 Å². The van der Waals surface area contributed by atoms with E-state index in [9.17, 15) is 0 Å². The van der Waals surface area contributed by atoms with Gasteiger partial charge in [0.2, 0.25) is 0 Å². The van der Waals surface area contributed by atoms with Crippen molar-refractivity contribution in [1.29, 1.82) is 0 Å². The van der Waals surface area contributed by atoms with Gasteiger partial charge in [0.1, 0.15) is 0 Å². The van der Waals surface area contributed by atoms with Gasteiger partial charge < -0.3 is 14.4 Å². The molecule has 3 aliphatic rings. The van der Waals surface area contributed by atoms with Gasteiger partial charge in [0, 0.05) is 24.3 Å². The summed E-state index contributed by atoms with van der Waals surface area (Å²) in [5, 5.41) is 0. The van der Waals surface area contributed by atoms with Crippen LogP contribution < -0.4 is 0 Å². The molecule has 2 atom stereocenters. The standard InChI is InChI=1S/C17H31NO2/c1-4-9-18-10-5-6-14-11-17(8-7-15(14)18)19-12-16(2,3)13-20-17/h14-15H,4-13H2,1-3H3. The number of ether oxygens (including phenoxy) is 2. The lowest BCUT2D eigenvalue weighted by atomic mass is 9.74. The Morgan fingerprint density at radius 3 is 2.60 bits per heavy atom. The SMILES string of the molecule is CCCN1CCCC2CC3(CCC21)OCC(C)(C)CO3. The first kappa shape index (κ1) is 14.8. The number of piperidine rings is 1. The molecule has 3 nitrogen and oxygen atoms in total. The molecule has 0 aromatic carbocycles. The predicted molar refractivity (Wildman–Crippen MR) is 80.6 cm³/mol. The van der Waals surface area contributed by atoms with Gasteiger partial charge >= 0.3 is 0 Å². The van der Waals surface area contributed by atoms with E-state index in [1.807, 2.05) is 0 Å². The lowest BCUT2D eigenvalue weighted by Gasteiger charge is -2.53. The first-order valence-corrected chi connectivity index (χ1v) is 8.56. The van der Waals surface area contributed by atoms with E-state index in [4.69, 9.17) is 9.47 Å². The van der Waals surface area contributed by atoms with Gasteiger partial charge in [0.15, 0.2) is 5.79 Å². The van der Waals surface area contributed by atoms with Crippen molar-refractivity contribution in [2.24, 2.45) is 11.3 Å². The molecule has 1 spiro atoms. The smallest absolute Gasteiger partial charge is 0.168 e. The van der Waals surface area contributed by atoms with Gasteiger partial charge in [-0.05, 0) is 44.7 Å². The van der Waals surface area contributed by atoms with Crippen LogP contribution in [-0.2, 0) is 9.47 Å². The molecule has 20 heavy (non-hydrogen) atoms. The van der Waals surface area contributed by atoms with Crippen LogP contribution in [0.2, 0.25) is 0 Å². The zero-order valence-corrected chi connectivity index (χ0v) is 13.5. The summed E-state index contributed by atoms with van der Waals surface area (Å²) < 4.78 is 12.5. The number of rotatable bonds is 2. The van der Waals surface area contributed by atoms with Crippen LogP contribution in [0, 0.1) is 11.3 Å². The van der Waals surface area contributed by atoms with E-state index in [1.165, 1.54) is 38.8 Å². The Labute approximate surface area is 124 Å². The van der Waals surface area contributed by atoms with Crippen molar-refractivity contribution in [2.75, 3.05) is 26.3 Å². The van der Waals surface area contributed by atoms with Gasteiger partial charge in [0.05, 0.1) is 13.2 Å². The van der Waals surface area contributed by atoms with Crippen molar-refractivity contribution < 1.29 is 9.47 Å². The van der Waals surface area contributed by atoms with Crippen LogP contribution in [0.25, 0.3) is 0 Å². The quantitative estimate of drug-likeness (QED) is 0.774. The number of likely N-dealkylation sites (tertiary alicyclic amines) is 1. The highest BCUT2D eigenvalue weighted by atomic mass is 16.7. The zero-order chi connectivity index (χ0) is 14.2. The van der Waals surface area contributed by atoms with Crippen LogP contribution in [0.3, 0.4) is 0 Å². The Hall–Kier alpha value is -0.120. The summed E-state index contributed by atoms with van der Waals surface area (Å²) in [5.74, 6) is 0.539.